The minimum Gasteiger partial charge on any atom is -0.493 e. The minimum atomic E-state index is 0.498. The Labute approximate surface area is 102 Å². The second-order valence-electron chi connectivity index (χ2n) is 4.29. The highest BCUT2D eigenvalue weighted by molar-refractivity contribution is 6.17. The fraction of sp³-hybridized carbons (Fsp3) is 0.538. The van der Waals surface area contributed by atoms with E-state index in [2.05, 4.69) is 19.1 Å². The van der Waals surface area contributed by atoms with Crippen LogP contribution in [0.5, 0.6) is 5.75 Å². The molecule has 0 saturated carbocycles. The lowest BCUT2D eigenvalue weighted by atomic mass is 10.1. The van der Waals surface area contributed by atoms with Gasteiger partial charge in [0, 0.05) is 18.1 Å². The van der Waals surface area contributed by atoms with Crippen LogP contribution >= 0.6 is 11.6 Å². The van der Waals surface area contributed by atoms with Crippen LogP contribution in [0.1, 0.15) is 17.5 Å². The van der Waals surface area contributed by atoms with Crippen LogP contribution in [0.2, 0.25) is 0 Å². The number of halogens is 1. The Morgan fingerprint density at radius 3 is 3.06 bits per heavy atom. The summed E-state index contributed by atoms with van der Waals surface area (Å²) in [6.45, 7) is 4.48. The molecule has 0 spiro atoms. The van der Waals surface area contributed by atoms with Crippen molar-refractivity contribution in [3.63, 3.8) is 0 Å². The molecule has 0 bridgehead atoms. The Kier molecular flexibility index (Phi) is 4.08. The lowest BCUT2D eigenvalue weighted by Crippen LogP contribution is -2.12. The molecule has 0 N–H and O–H groups in total. The van der Waals surface area contributed by atoms with Gasteiger partial charge in [-0.2, -0.15) is 0 Å². The number of hydrogen-bond acceptors (Lipinski definition) is 2. The molecule has 1 atom stereocenters. The first-order chi connectivity index (χ1) is 7.79. The van der Waals surface area contributed by atoms with Crippen molar-refractivity contribution >= 4 is 11.6 Å². The SMILES string of the molecule is Cc1ccc(OCC2CCOC2)c(CCl)c1. The second kappa shape index (κ2) is 5.55. The van der Waals surface area contributed by atoms with Crippen LogP contribution in [-0.2, 0) is 10.6 Å². The van der Waals surface area contributed by atoms with Gasteiger partial charge in [-0.25, -0.2) is 0 Å². The highest BCUT2D eigenvalue weighted by Gasteiger charge is 2.16. The number of ether oxygens (including phenoxy) is 2. The van der Waals surface area contributed by atoms with Crippen LogP contribution in [0.4, 0.5) is 0 Å². The predicted octanol–water partition coefficient (Wildman–Crippen LogP) is 3.15. The van der Waals surface area contributed by atoms with E-state index in [9.17, 15) is 0 Å². The molecular formula is C13H17ClO2. The third kappa shape index (κ3) is 2.89. The molecule has 2 nitrogen and oxygen atoms in total. The van der Waals surface area contributed by atoms with Gasteiger partial charge in [0.25, 0.3) is 0 Å². The van der Waals surface area contributed by atoms with E-state index >= 15 is 0 Å². The topological polar surface area (TPSA) is 18.5 Å². The summed E-state index contributed by atoms with van der Waals surface area (Å²) in [5.74, 6) is 1.94. The van der Waals surface area contributed by atoms with Gasteiger partial charge in [0.2, 0.25) is 0 Å². The van der Waals surface area contributed by atoms with Gasteiger partial charge in [-0.3, -0.25) is 0 Å². The quantitative estimate of drug-likeness (QED) is 0.753. The first kappa shape index (κ1) is 11.7. The molecule has 1 aliphatic heterocycles. The molecule has 1 aromatic rings. The van der Waals surface area contributed by atoms with Gasteiger partial charge in [0.1, 0.15) is 5.75 Å². The molecule has 1 saturated heterocycles. The van der Waals surface area contributed by atoms with Crippen LogP contribution in [0, 0.1) is 12.8 Å². The summed E-state index contributed by atoms with van der Waals surface area (Å²) in [7, 11) is 0. The molecule has 3 heteroatoms. The van der Waals surface area contributed by atoms with Crippen molar-refractivity contribution in [3.05, 3.63) is 29.3 Å². The van der Waals surface area contributed by atoms with Crippen LogP contribution in [-0.4, -0.2) is 19.8 Å². The maximum Gasteiger partial charge on any atom is 0.123 e. The van der Waals surface area contributed by atoms with Gasteiger partial charge in [-0.05, 0) is 19.4 Å². The van der Waals surface area contributed by atoms with Gasteiger partial charge >= 0.3 is 0 Å². The molecule has 1 aliphatic rings. The summed E-state index contributed by atoms with van der Waals surface area (Å²) >= 11 is 5.89. The first-order valence-corrected chi connectivity index (χ1v) is 6.19. The molecule has 1 fully saturated rings. The summed E-state index contributed by atoms with van der Waals surface area (Å²) in [4.78, 5) is 0. The van der Waals surface area contributed by atoms with Crippen molar-refractivity contribution in [1.29, 1.82) is 0 Å². The zero-order valence-electron chi connectivity index (χ0n) is 9.54. The standard InChI is InChI=1S/C13H17ClO2/c1-10-2-3-13(12(6-10)7-14)16-9-11-4-5-15-8-11/h2-3,6,11H,4-5,7-9H2,1H3. The lowest BCUT2D eigenvalue weighted by molar-refractivity contribution is 0.167. The van der Waals surface area contributed by atoms with Crippen LogP contribution in [0.15, 0.2) is 18.2 Å². The second-order valence-corrected chi connectivity index (χ2v) is 4.55. The third-order valence-electron chi connectivity index (χ3n) is 2.86. The average Bonchev–Trinajstić information content (AvgIpc) is 2.80. The molecule has 1 heterocycles. The van der Waals surface area contributed by atoms with Crippen molar-refractivity contribution < 1.29 is 9.47 Å². The molecule has 0 aliphatic carbocycles. The van der Waals surface area contributed by atoms with E-state index in [1.54, 1.807) is 0 Å². The summed E-state index contributed by atoms with van der Waals surface area (Å²) in [6, 6.07) is 6.13. The van der Waals surface area contributed by atoms with Crippen LogP contribution < -0.4 is 4.74 Å². The van der Waals surface area contributed by atoms with Crippen LogP contribution in [0.25, 0.3) is 0 Å². The number of rotatable bonds is 4. The minimum absolute atomic E-state index is 0.498. The first-order valence-electron chi connectivity index (χ1n) is 5.65. The normalized spacial score (nSPS) is 20.0. The van der Waals surface area contributed by atoms with E-state index in [1.807, 2.05) is 6.07 Å². The average molecular weight is 241 g/mol. The monoisotopic (exact) mass is 240 g/mol. The zero-order valence-corrected chi connectivity index (χ0v) is 10.3. The zero-order chi connectivity index (χ0) is 11.4. The van der Waals surface area contributed by atoms with E-state index in [1.165, 1.54) is 5.56 Å². The number of hydrogen-bond donors (Lipinski definition) is 0. The Bertz CT molecular complexity index is 346. The molecule has 2 rings (SSSR count). The molecule has 0 aromatic heterocycles. The Hall–Kier alpha value is -0.730. The van der Waals surface area contributed by atoms with Gasteiger partial charge in [-0.1, -0.05) is 17.7 Å². The van der Waals surface area contributed by atoms with Crippen molar-refractivity contribution in [2.24, 2.45) is 5.92 Å². The summed E-state index contributed by atoms with van der Waals surface area (Å²) < 4.78 is 11.1. The van der Waals surface area contributed by atoms with E-state index in [0.29, 0.717) is 11.8 Å². The maximum absolute atomic E-state index is 5.89. The van der Waals surface area contributed by atoms with Gasteiger partial charge in [0.05, 0.1) is 19.1 Å². The highest BCUT2D eigenvalue weighted by atomic mass is 35.5. The fourth-order valence-corrected chi connectivity index (χ4v) is 2.08. The number of alkyl halides is 1. The smallest absolute Gasteiger partial charge is 0.123 e. The molecule has 0 amide bonds. The molecule has 88 valence electrons. The molecule has 1 unspecified atom stereocenters. The summed E-state index contributed by atoms with van der Waals surface area (Å²) in [6.07, 6.45) is 1.10. The Morgan fingerprint density at radius 2 is 2.38 bits per heavy atom. The maximum atomic E-state index is 5.89. The summed E-state index contributed by atoms with van der Waals surface area (Å²) in [5.41, 5.74) is 2.28. The molecule has 0 radical (unpaired) electrons. The largest absolute Gasteiger partial charge is 0.493 e. The van der Waals surface area contributed by atoms with E-state index in [4.69, 9.17) is 21.1 Å². The Morgan fingerprint density at radius 1 is 1.50 bits per heavy atom. The van der Waals surface area contributed by atoms with E-state index < -0.39 is 0 Å². The summed E-state index contributed by atoms with van der Waals surface area (Å²) in [5, 5.41) is 0. The fourth-order valence-electron chi connectivity index (χ4n) is 1.88. The van der Waals surface area contributed by atoms with Gasteiger partial charge in [-0.15, -0.1) is 11.6 Å². The molecule has 16 heavy (non-hydrogen) atoms. The third-order valence-corrected chi connectivity index (χ3v) is 3.15. The van der Waals surface area contributed by atoms with Crippen molar-refractivity contribution in [2.75, 3.05) is 19.8 Å². The Balaban J connectivity index is 1.97. The number of benzene rings is 1. The highest BCUT2D eigenvalue weighted by Crippen LogP contribution is 2.23. The van der Waals surface area contributed by atoms with Gasteiger partial charge in [0.15, 0.2) is 0 Å². The number of aryl methyl sites for hydroxylation is 1. The van der Waals surface area contributed by atoms with Gasteiger partial charge < -0.3 is 9.47 Å². The van der Waals surface area contributed by atoms with E-state index in [0.717, 1.165) is 37.6 Å². The predicted molar refractivity (Wildman–Crippen MR) is 65.2 cm³/mol. The van der Waals surface area contributed by atoms with E-state index in [-0.39, 0.29) is 0 Å². The lowest BCUT2D eigenvalue weighted by Gasteiger charge is -2.13. The van der Waals surface area contributed by atoms with Crippen molar-refractivity contribution in [2.45, 2.75) is 19.2 Å². The molecule has 1 aromatic carbocycles. The van der Waals surface area contributed by atoms with Crippen molar-refractivity contribution in [1.82, 2.24) is 0 Å². The molecular weight excluding hydrogens is 224 g/mol. The van der Waals surface area contributed by atoms with Crippen LogP contribution in [0.3, 0.4) is 0 Å². The van der Waals surface area contributed by atoms with Crippen molar-refractivity contribution in [3.8, 4) is 5.75 Å².